The molecule has 1 aliphatic rings. The number of rotatable bonds is 3. The fourth-order valence-electron chi connectivity index (χ4n) is 1.34. The fraction of sp³-hybridized carbons (Fsp3) is 0.875. The van der Waals surface area contributed by atoms with Crippen LogP contribution in [0.15, 0.2) is 0 Å². The van der Waals surface area contributed by atoms with Crippen molar-refractivity contribution in [3.8, 4) is 0 Å². The average Bonchev–Trinajstić information content (AvgIpc) is 2.17. The monoisotopic (exact) mass is 235 g/mol. The van der Waals surface area contributed by atoms with Gasteiger partial charge in [-0.1, -0.05) is 0 Å². The van der Waals surface area contributed by atoms with Gasteiger partial charge in [0, 0.05) is 13.1 Å². The lowest BCUT2D eigenvalue weighted by atomic mass is 10.3. The molecular formula is C8H17N3O3S. The maximum absolute atomic E-state index is 11.8. The minimum atomic E-state index is -3.27. The molecule has 0 aliphatic carbocycles. The zero-order valence-electron chi connectivity index (χ0n) is 8.93. The SMILES string of the molecule is CC(C)S(=O)(=O)N1CCOC(C(=N)N)C1. The summed E-state index contributed by atoms with van der Waals surface area (Å²) in [7, 11) is -3.27. The molecule has 0 saturated carbocycles. The lowest BCUT2D eigenvalue weighted by Crippen LogP contribution is -2.51. The van der Waals surface area contributed by atoms with Crippen LogP contribution in [-0.2, 0) is 14.8 Å². The molecule has 0 aromatic carbocycles. The van der Waals surface area contributed by atoms with Crippen molar-refractivity contribution in [3.63, 3.8) is 0 Å². The highest BCUT2D eigenvalue weighted by Gasteiger charge is 2.32. The second-order valence-electron chi connectivity index (χ2n) is 3.77. The van der Waals surface area contributed by atoms with E-state index in [1.54, 1.807) is 13.8 Å². The number of morpholine rings is 1. The standard InChI is InChI=1S/C8H17N3O3S/c1-6(2)15(12,13)11-3-4-14-7(5-11)8(9)10/h6-7H,3-5H2,1-2H3,(H3,9,10). The van der Waals surface area contributed by atoms with Gasteiger partial charge < -0.3 is 10.5 Å². The molecule has 15 heavy (non-hydrogen) atoms. The lowest BCUT2D eigenvalue weighted by molar-refractivity contribution is 0.0366. The van der Waals surface area contributed by atoms with Crippen LogP contribution in [0.3, 0.4) is 0 Å². The predicted octanol–water partition coefficient (Wildman–Crippen LogP) is -0.639. The first-order valence-corrected chi connectivity index (χ1v) is 6.30. The third-order valence-corrected chi connectivity index (χ3v) is 4.57. The third kappa shape index (κ3) is 2.67. The van der Waals surface area contributed by atoms with E-state index in [0.29, 0.717) is 6.54 Å². The number of ether oxygens (including phenoxy) is 1. The van der Waals surface area contributed by atoms with Crippen molar-refractivity contribution in [1.29, 1.82) is 5.41 Å². The number of nitrogens with zero attached hydrogens (tertiary/aromatic N) is 1. The van der Waals surface area contributed by atoms with Crippen LogP contribution in [0.25, 0.3) is 0 Å². The molecule has 0 radical (unpaired) electrons. The Morgan fingerprint density at radius 3 is 2.67 bits per heavy atom. The Labute approximate surface area is 89.9 Å². The number of hydrogen-bond donors (Lipinski definition) is 2. The summed E-state index contributed by atoms with van der Waals surface area (Å²) in [6.45, 7) is 4.04. The molecule has 1 rings (SSSR count). The second kappa shape index (κ2) is 4.46. The van der Waals surface area contributed by atoms with E-state index in [-0.39, 0.29) is 19.0 Å². The van der Waals surface area contributed by atoms with Crippen LogP contribution in [-0.4, -0.2) is 49.6 Å². The van der Waals surface area contributed by atoms with Gasteiger partial charge in [-0.15, -0.1) is 0 Å². The maximum Gasteiger partial charge on any atom is 0.216 e. The van der Waals surface area contributed by atoms with Gasteiger partial charge in [0.2, 0.25) is 10.0 Å². The first-order chi connectivity index (χ1) is 6.85. The van der Waals surface area contributed by atoms with E-state index < -0.39 is 21.4 Å². The molecule has 0 aromatic rings. The highest BCUT2D eigenvalue weighted by Crippen LogP contribution is 2.13. The average molecular weight is 235 g/mol. The Balaban J connectivity index is 2.77. The first kappa shape index (κ1) is 12.4. The molecule has 0 amide bonds. The number of hydrogen-bond acceptors (Lipinski definition) is 4. The minimum absolute atomic E-state index is 0.126. The van der Waals surface area contributed by atoms with Gasteiger partial charge in [0.1, 0.15) is 11.9 Å². The summed E-state index contributed by atoms with van der Waals surface area (Å²) in [5, 5.41) is 6.77. The number of sulfonamides is 1. The van der Waals surface area contributed by atoms with Crippen LogP contribution in [0.4, 0.5) is 0 Å². The first-order valence-electron chi connectivity index (χ1n) is 4.80. The fourth-order valence-corrected chi connectivity index (χ4v) is 2.61. The van der Waals surface area contributed by atoms with Gasteiger partial charge in [-0.25, -0.2) is 8.42 Å². The van der Waals surface area contributed by atoms with E-state index >= 15 is 0 Å². The Kier molecular flexibility index (Phi) is 3.69. The molecule has 1 aliphatic heterocycles. The summed E-state index contributed by atoms with van der Waals surface area (Å²) in [5.74, 6) is -0.126. The summed E-state index contributed by atoms with van der Waals surface area (Å²) in [6.07, 6.45) is -0.604. The van der Waals surface area contributed by atoms with E-state index in [2.05, 4.69) is 0 Å². The largest absolute Gasteiger partial charge is 0.385 e. The van der Waals surface area contributed by atoms with Crippen molar-refractivity contribution in [2.24, 2.45) is 5.73 Å². The summed E-state index contributed by atoms with van der Waals surface area (Å²) in [5.41, 5.74) is 5.29. The molecule has 1 saturated heterocycles. The Bertz CT molecular complexity index is 339. The molecule has 0 aromatic heterocycles. The van der Waals surface area contributed by atoms with Gasteiger partial charge in [-0.3, -0.25) is 5.41 Å². The second-order valence-corrected chi connectivity index (χ2v) is 6.26. The van der Waals surface area contributed by atoms with E-state index in [1.165, 1.54) is 4.31 Å². The molecular weight excluding hydrogens is 218 g/mol. The van der Waals surface area contributed by atoms with Crippen molar-refractivity contribution in [1.82, 2.24) is 4.31 Å². The van der Waals surface area contributed by atoms with Crippen molar-refractivity contribution < 1.29 is 13.2 Å². The van der Waals surface area contributed by atoms with Crippen LogP contribution >= 0.6 is 0 Å². The number of amidine groups is 1. The van der Waals surface area contributed by atoms with Gasteiger partial charge in [0.05, 0.1) is 11.9 Å². The van der Waals surface area contributed by atoms with Gasteiger partial charge >= 0.3 is 0 Å². The molecule has 7 heteroatoms. The van der Waals surface area contributed by atoms with Crippen LogP contribution in [0, 0.1) is 5.41 Å². The quantitative estimate of drug-likeness (QED) is 0.502. The summed E-state index contributed by atoms with van der Waals surface area (Å²) < 4.78 is 30.2. The van der Waals surface area contributed by atoms with E-state index in [4.69, 9.17) is 15.9 Å². The predicted molar refractivity (Wildman–Crippen MR) is 57.3 cm³/mol. The van der Waals surface area contributed by atoms with Gasteiger partial charge in [-0.2, -0.15) is 4.31 Å². The highest BCUT2D eigenvalue weighted by molar-refractivity contribution is 7.89. The van der Waals surface area contributed by atoms with Crippen LogP contribution in [0.1, 0.15) is 13.8 Å². The van der Waals surface area contributed by atoms with Gasteiger partial charge in [-0.05, 0) is 13.8 Å². The molecule has 0 bridgehead atoms. The molecule has 1 fully saturated rings. The normalized spacial score (nSPS) is 24.3. The summed E-state index contributed by atoms with van der Waals surface area (Å²) in [4.78, 5) is 0. The van der Waals surface area contributed by atoms with E-state index in [9.17, 15) is 8.42 Å². The molecule has 0 spiro atoms. The minimum Gasteiger partial charge on any atom is -0.385 e. The molecule has 3 N–H and O–H groups in total. The number of nitrogens with one attached hydrogen (secondary N) is 1. The van der Waals surface area contributed by atoms with Crippen molar-refractivity contribution >= 4 is 15.9 Å². The molecule has 6 nitrogen and oxygen atoms in total. The van der Waals surface area contributed by atoms with E-state index in [1.807, 2.05) is 0 Å². The lowest BCUT2D eigenvalue weighted by Gasteiger charge is -2.32. The third-order valence-electron chi connectivity index (χ3n) is 2.33. The Morgan fingerprint density at radius 1 is 1.60 bits per heavy atom. The number of nitrogens with two attached hydrogens (primary N) is 1. The Morgan fingerprint density at radius 2 is 2.20 bits per heavy atom. The topological polar surface area (TPSA) is 96.5 Å². The van der Waals surface area contributed by atoms with Gasteiger partial charge in [0.25, 0.3) is 0 Å². The van der Waals surface area contributed by atoms with E-state index in [0.717, 1.165) is 0 Å². The molecule has 1 unspecified atom stereocenters. The van der Waals surface area contributed by atoms with Crippen molar-refractivity contribution in [2.45, 2.75) is 25.2 Å². The van der Waals surface area contributed by atoms with Crippen molar-refractivity contribution in [2.75, 3.05) is 19.7 Å². The zero-order chi connectivity index (χ0) is 11.6. The molecule has 88 valence electrons. The molecule has 1 heterocycles. The van der Waals surface area contributed by atoms with Gasteiger partial charge in [0.15, 0.2) is 0 Å². The van der Waals surface area contributed by atoms with Crippen LogP contribution in [0.2, 0.25) is 0 Å². The smallest absolute Gasteiger partial charge is 0.216 e. The Hall–Kier alpha value is -0.660. The summed E-state index contributed by atoms with van der Waals surface area (Å²) in [6, 6.07) is 0. The van der Waals surface area contributed by atoms with Crippen LogP contribution < -0.4 is 5.73 Å². The van der Waals surface area contributed by atoms with Crippen LogP contribution in [0.5, 0.6) is 0 Å². The zero-order valence-corrected chi connectivity index (χ0v) is 9.75. The molecule has 1 atom stereocenters. The highest BCUT2D eigenvalue weighted by atomic mass is 32.2. The van der Waals surface area contributed by atoms with Crippen molar-refractivity contribution in [3.05, 3.63) is 0 Å². The maximum atomic E-state index is 11.8. The summed E-state index contributed by atoms with van der Waals surface area (Å²) >= 11 is 0.